The molecule has 130 valence electrons. The highest BCUT2D eigenvalue weighted by molar-refractivity contribution is 6.62. The molecular weight excluding hydrogens is 301 g/mol. The van der Waals surface area contributed by atoms with Crippen molar-refractivity contribution in [3.63, 3.8) is 0 Å². The number of aryl methyl sites for hydroxylation is 1. The van der Waals surface area contributed by atoms with Gasteiger partial charge in [-0.25, -0.2) is 0 Å². The second-order valence-corrected chi connectivity index (χ2v) is 8.12. The Kier molecular flexibility index (Phi) is 4.52. The van der Waals surface area contributed by atoms with E-state index in [4.69, 9.17) is 9.31 Å². The molecule has 0 bridgehead atoms. The molecule has 2 fully saturated rings. The molecule has 0 atom stereocenters. The van der Waals surface area contributed by atoms with Crippen LogP contribution in [0.3, 0.4) is 0 Å². The summed E-state index contributed by atoms with van der Waals surface area (Å²) in [5.74, 6) is 0.0118. The van der Waals surface area contributed by atoms with E-state index in [-0.39, 0.29) is 17.1 Å². The standard InChI is InChI=1S/C19H28BNO3/c1-13-10-11-14(20-23-18(2,3)19(4,5)24-20)12-16(13)17(22)21-15-8-6-7-9-15/h10-12,15H,6-9H2,1-5H3,(H,21,22). The van der Waals surface area contributed by atoms with Crippen molar-refractivity contribution in [3.8, 4) is 0 Å². The summed E-state index contributed by atoms with van der Waals surface area (Å²) in [7, 11) is -0.436. The smallest absolute Gasteiger partial charge is 0.399 e. The zero-order valence-electron chi connectivity index (χ0n) is 15.4. The van der Waals surface area contributed by atoms with Crippen molar-refractivity contribution in [1.29, 1.82) is 0 Å². The van der Waals surface area contributed by atoms with E-state index >= 15 is 0 Å². The van der Waals surface area contributed by atoms with Gasteiger partial charge in [0, 0.05) is 11.6 Å². The molecule has 0 radical (unpaired) electrons. The molecule has 1 saturated carbocycles. The van der Waals surface area contributed by atoms with Gasteiger partial charge in [-0.05, 0) is 64.6 Å². The summed E-state index contributed by atoms with van der Waals surface area (Å²) in [5.41, 5.74) is 1.83. The average molecular weight is 329 g/mol. The van der Waals surface area contributed by atoms with Crippen LogP contribution >= 0.6 is 0 Å². The van der Waals surface area contributed by atoms with Crippen LogP contribution in [-0.4, -0.2) is 30.3 Å². The van der Waals surface area contributed by atoms with Gasteiger partial charge >= 0.3 is 7.12 Å². The summed E-state index contributed by atoms with van der Waals surface area (Å²) in [6.07, 6.45) is 4.58. The van der Waals surface area contributed by atoms with E-state index in [9.17, 15) is 4.79 Å². The van der Waals surface area contributed by atoms with E-state index in [1.165, 1.54) is 12.8 Å². The van der Waals surface area contributed by atoms with E-state index in [2.05, 4.69) is 5.32 Å². The molecular formula is C19H28BNO3. The molecule has 0 unspecified atom stereocenters. The predicted molar refractivity (Wildman–Crippen MR) is 96.6 cm³/mol. The van der Waals surface area contributed by atoms with Crippen LogP contribution in [0.2, 0.25) is 0 Å². The number of amides is 1. The van der Waals surface area contributed by atoms with Crippen molar-refractivity contribution >= 4 is 18.5 Å². The van der Waals surface area contributed by atoms with Crippen molar-refractivity contribution in [2.24, 2.45) is 0 Å². The topological polar surface area (TPSA) is 47.6 Å². The molecule has 4 nitrogen and oxygen atoms in total. The monoisotopic (exact) mass is 329 g/mol. The normalized spacial score (nSPS) is 22.8. The molecule has 1 saturated heterocycles. The highest BCUT2D eigenvalue weighted by Crippen LogP contribution is 2.36. The third-order valence-corrected chi connectivity index (χ3v) is 5.72. The third kappa shape index (κ3) is 3.24. The summed E-state index contributed by atoms with van der Waals surface area (Å²) in [6.45, 7) is 10.1. The highest BCUT2D eigenvalue weighted by atomic mass is 16.7. The van der Waals surface area contributed by atoms with Gasteiger partial charge < -0.3 is 14.6 Å². The molecule has 24 heavy (non-hydrogen) atoms. The SMILES string of the molecule is Cc1ccc(B2OC(C)(C)C(C)(C)O2)cc1C(=O)NC1CCCC1. The van der Waals surface area contributed by atoms with Gasteiger partial charge in [0.2, 0.25) is 0 Å². The first kappa shape index (κ1) is 17.5. The molecule has 1 aromatic carbocycles. The Morgan fingerprint density at radius 2 is 1.71 bits per heavy atom. The van der Waals surface area contributed by atoms with Gasteiger partial charge in [-0.1, -0.05) is 25.0 Å². The third-order valence-electron chi connectivity index (χ3n) is 5.72. The van der Waals surface area contributed by atoms with E-state index < -0.39 is 7.12 Å². The average Bonchev–Trinajstić information content (AvgIpc) is 3.05. The first-order chi connectivity index (χ1) is 11.2. The minimum atomic E-state index is -0.436. The minimum absolute atomic E-state index is 0.0118. The molecule has 1 aliphatic carbocycles. The number of carbonyl (C=O) groups is 1. The fourth-order valence-electron chi connectivity index (χ4n) is 3.34. The summed E-state index contributed by atoms with van der Waals surface area (Å²) in [6, 6.07) is 6.20. The van der Waals surface area contributed by atoms with Crippen molar-refractivity contribution in [2.75, 3.05) is 0 Å². The molecule has 3 rings (SSSR count). The van der Waals surface area contributed by atoms with Crippen LogP contribution in [0, 0.1) is 6.92 Å². The summed E-state index contributed by atoms with van der Waals surface area (Å²) in [5, 5.41) is 3.17. The minimum Gasteiger partial charge on any atom is -0.399 e. The van der Waals surface area contributed by atoms with E-state index in [1.54, 1.807) is 0 Å². The molecule has 0 spiro atoms. The lowest BCUT2D eigenvalue weighted by Gasteiger charge is -2.32. The van der Waals surface area contributed by atoms with Crippen LogP contribution in [0.25, 0.3) is 0 Å². The van der Waals surface area contributed by atoms with Crippen molar-refractivity contribution in [2.45, 2.75) is 77.5 Å². The largest absolute Gasteiger partial charge is 0.494 e. The van der Waals surface area contributed by atoms with Gasteiger partial charge in [-0.3, -0.25) is 4.79 Å². The maximum absolute atomic E-state index is 12.7. The number of carbonyl (C=O) groups excluding carboxylic acids is 1. The van der Waals surface area contributed by atoms with Gasteiger partial charge in [-0.2, -0.15) is 0 Å². The van der Waals surface area contributed by atoms with Gasteiger partial charge in [0.25, 0.3) is 5.91 Å². The van der Waals surface area contributed by atoms with Gasteiger partial charge in [0.05, 0.1) is 11.2 Å². The van der Waals surface area contributed by atoms with Gasteiger partial charge in [0.15, 0.2) is 0 Å². The maximum atomic E-state index is 12.7. The molecule has 1 amide bonds. The van der Waals surface area contributed by atoms with Crippen molar-refractivity contribution < 1.29 is 14.1 Å². The number of hydrogen-bond acceptors (Lipinski definition) is 3. The van der Waals surface area contributed by atoms with Gasteiger partial charge in [-0.15, -0.1) is 0 Å². The lowest BCUT2D eigenvalue weighted by molar-refractivity contribution is 0.00578. The predicted octanol–water partition coefficient (Wildman–Crippen LogP) is 2.97. The molecule has 1 heterocycles. The van der Waals surface area contributed by atoms with Crippen molar-refractivity contribution in [1.82, 2.24) is 5.32 Å². The van der Waals surface area contributed by atoms with Crippen LogP contribution in [0.1, 0.15) is 69.3 Å². The summed E-state index contributed by atoms with van der Waals surface area (Å²) in [4.78, 5) is 12.7. The highest BCUT2D eigenvalue weighted by Gasteiger charge is 2.51. The molecule has 0 aromatic heterocycles. The molecule has 1 aromatic rings. The quantitative estimate of drug-likeness (QED) is 0.868. The Morgan fingerprint density at radius 1 is 1.12 bits per heavy atom. The fourth-order valence-corrected chi connectivity index (χ4v) is 3.34. The first-order valence-corrected chi connectivity index (χ1v) is 8.97. The van der Waals surface area contributed by atoms with E-state index in [0.717, 1.165) is 23.9 Å². The Bertz CT molecular complexity index is 619. The zero-order chi connectivity index (χ0) is 17.5. The van der Waals surface area contributed by atoms with Crippen LogP contribution in [0.4, 0.5) is 0 Å². The second-order valence-electron chi connectivity index (χ2n) is 8.12. The lowest BCUT2D eigenvalue weighted by Crippen LogP contribution is -2.41. The zero-order valence-corrected chi connectivity index (χ0v) is 15.4. The maximum Gasteiger partial charge on any atom is 0.494 e. The van der Waals surface area contributed by atoms with Crippen LogP contribution < -0.4 is 10.8 Å². The summed E-state index contributed by atoms with van der Waals surface area (Å²) >= 11 is 0. The molecule has 1 N–H and O–H groups in total. The Morgan fingerprint density at radius 3 is 2.29 bits per heavy atom. The van der Waals surface area contributed by atoms with Crippen molar-refractivity contribution in [3.05, 3.63) is 29.3 Å². The van der Waals surface area contributed by atoms with Crippen LogP contribution in [0.15, 0.2) is 18.2 Å². The lowest BCUT2D eigenvalue weighted by atomic mass is 9.77. The molecule has 1 aliphatic heterocycles. The first-order valence-electron chi connectivity index (χ1n) is 8.97. The van der Waals surface area contributed by atoms with Gasteiger partial charge in [0.1, 0.15) is 0 Å². The summed E-state index contributed by atoms with van der Waals surface area (Å²) < 4.78 is 12.2. The van der Waals surface area contributed by atoms with E-state index in [1.807, 2.05) is 52.8 Å². The van der Waals surface area contributed by atoms with Crippen LogP contribution in [0.5, 0.6) is 0 Å². The number of benzene rings is 1. The van der Waals surface area contributed by atoms with E-state index in [0.29, 0.717) is 11.6 Å². The molecule has 2 aliphatic rings. The Hall–Kier alpha value is -1.33. The molecule has 5 heteroatoms. The fraction of sp³-hybridized carbons (Fsp3) is 0.632. The number of hydrogen-bond donors (Lipinski definition) is 1. The Labute approximate surface area is 145 Å². The number of rotatable bonds is 3. The number of nitrogens with one attached hydrogen (secondary N) is 1. The second kappa shape index (κ2) is 6.19. The Balaban J connectivity index is 1.80. The van der Waals surface area contributed by atoms with Crippen LogP contribution in [-0.2, 0) is 9.31 Å².